The number of amides is 7. The molecule has 28 heteroatoms. The van der Waals surface area contributed by atoms with Gasteiger partial charge >= 0.3 is 148 Å². The van der Waals surface area contributed by atoms with Gasteiger partial charge in [0, 0.05) is 67.2 Å². The molecule has 26 nitrogen and oxygen atoms in total. The SMILES string of the molecule is CCC(C=O)c1cc2n(c(=O)c1COC)Cc1c-2nc2cc(F)c(C)c3c2c1C(C(C)(C)OCNC)CC3.CNC(C=O)CCC(=O)O.CO.NC=O.O=CCNC(=O)C([CH2][Pb])NC(=O)CNC(=O)CNC(=O)CN1C(=O)C=CC1=O. The van der Waals surface area contributed by atoms with Crippen molar-refractivity contribution in [2.75, 3.05) is 61.2 Å². The number of carboxylic acid groups (broad SMARTS) is 1. The van der Waals surface area contributed by atoms with Gasteiger partial charge in [-0.15, -0.1) is 0 Å². The minimum Gasteiger partial charge on any atom is -0.269 e. The number of benzene rings is 1. The van der Waals surface area contributed by atoms with Crippen LogP contribution in [0.5, 0.6) is 0 Å². The molecule has 6 rings (SSSR count). The van der Waals surface area contributed by atoms with Gasteiger partial charge in [0.25, 0.3) is 17.4 Å². The Morgan fingerprint density at radius 3 is 2.14 bits per heavy atom. The van der Waals surface area contributed by atoms with Crippen molar-refractivity contribution < 1.29 is 76.8 Å². The van der Waals surface area contributed by atoms with Crippen LogP contribution in [0, 0.1) is 12.7 Å². The van der Waals surface area contributed by atoms with E-state index in [1.165, 1.54) is 6.07 Å². The smallest absolute Gasteiger partial charge is 0.269 e. The van der Waals surface area contributed by atoms with Crippen molar-refractivity contribution in [3.63, 3.8) is 0 Å². The summed E-state index contributed by atoms with van der Waals surface area (Å²) >= 11 is 0.629. The van der Waals surface area contributed by atoms with Crippen molar-refractivity contribution in [1.82, 2.24) is 46.4 Å². The summed E-state index contributed by atoms with van der Waals surface area (Å²) in [6.45, 7) is 7.28. The number of aromatic nitrogens is 2. The van der Waals surface area contributed by atoms with Crippen LogP contribution in [0.25, 0.3) is 22.3 Å². The summed E-state index contributed by atoms with van der Waals surface area (Å²) in [5.74, 6) is -5.27. The number of aliphatic hydroxyl groups is 1. The van der Waals surface area contributed by atoms with Crippen molar-refractivity contribution in [3.8, 4) is 11.4 Å². The van der Waals surface area contributed by atoms with Crippen LogP contribution in [-0.2, 0) is 81.8 Å². The Morgan fingerprint density at radius 1 is 0.963 bits per heavy atom. The number of aliphatic hydroxyl groups excluding tert-OH is 1. The second kappa shape index (κ2) is 34.9. The maximum absolute atomic E-state index is 15.1. The van der Waals surface area contributed by atoms with Crippen LogP contribution >= 0.6 is 0 Å². The number of methoxy groups -OCH3 is 1. The Kier molecular flexibility index (Phi) is 30.2. The molecule has 10 N–H and O–H groups in total. The molecule has 4 atom stereocenters. The number of fused-ring (bicyclic) bond motifs is 4. The van der Waals surface area contributed by atoms with Crippen LogP contribution < -0.4 is 43.2 Å². The molecule has 441 valence electrons. The first-order valence-corrected chi connectivity index (χ1v) is 28.1. The van der Waals surface area contributed by atoms with Gasteiger partial charge in [-0.2, -0.15) is 0 Å². The summed E-state index contributed by atoms with van der Waals surface area (Å²) in [6.07, 6.45) is 6.93. The zero-order valence-corrected chi connectivity index (χ0v) is 50.4. The van der Waals surface area contributed by atoms with E-state index in [2.05, 4.69) is 51.5 Å². The molecule has 3 aromatic rings. The van der Waals surface area contributed by atoms with Crippen molar-refractivity contribution in [2.45, 2.75) is 106 Å². The van der Waals surface area contributed by atoms with E-state index in [-0.39, 0.29) is 49.3 Å². The zero-order chi connectivity index (χ0) is 61.1. The summed E-state index contributed by atoms with van der Waals surface area (Å²) in [7, 11) is 6.02. The van der Waals surface area contributed by atoms with Gasteiger partial charge in [0.1, 0.15) is 18.4 Å². The quantitative estimate of drug-likeness (QED) is 0.0159. The number of imide groups is 1. The van der Waals surface area contributed by atoms with Gasteiger partial charge in [-0.25, -0.2) is 9.37 Å². The molecule has 0 bridgehead atoms. The number of aliphatic carboxylic acids is 1. The first kappa shape index (κ1) is 70.0. The number of pyridine rings is 2. The van der Waals surface area contributed by atoms with Gasteiger partial charge in [-0.3, -0.25) is 29.3 Å². The molecule has 2 aromatic heterocycles. The molecule has 3 aliphatic rings. The number of primary amides is 1. The second-order valence-corrected chi connectivity index (χ2v) is 20.1. The molecule has 4 heterocycles. The molecule has 81 heavy (non-hydrogen) atoms. The van der Waals surface area contributed by atoms with E-state index in [9.17, 15) is 52.7 Å². The second-order valence-electron chi connectivity index (χ2n) is 18.5. The van der Waals surface area contributed by atoms with Crippen LogP contribution in [0.2, 0.25) is 3.98 Å². The Labute approximate surface area is 482 Å². The number of carbonyl (C=O) groups is 11. The van der Waals surface area contributed by atoms with E-state index in [1.54, 1.807) is 18.7 Å². The fraction of sp³-hybridized carbons (Fsp3) is 0.491. The Hall–Kier alpha value is -7.06. The molecular weight excluding hydrogens is 1260 g/mol. The molecule has 3 radical (unpaired) electrons. The van der Waals surface area contributed by atoms with Gasteiger partial charge in [0.2, 0.25) is 6.41 Å². The number of hydrogen-bond donors (Lipinski definition) is 9. The number of rotatable bonds is 25. The molecule has 1 aromatic carbocycles. The number of nitrogens with two attached hydrogens (primary N) is 1. The van der Waals surface area contributed by atoms with E-state index in [1.807, 2.05) is 27.0 Å². The van der Waals surface area contributed by atoms with Gasteiger partial charge < -0.3 is 44.9 Å². The van der Waals surface area contributed by atoms with Crippen molar-refractivity contribution in [2.24, 2.45) is 5.73 Å². The van der Waals surface area contributed by atoms with Gasteiger partial charge in [-0.05, 0) is 88.9 Å². The molecular formula is C53H72FN10O16Pb. The third kappa shape index (κ3) is 19.3. The standard InChI is InChI=1S/C30H36FN3O4.C15H18N5O7.C6H11NO3.CH3NO.CH4O.Pb/c1-7-17(13-35)19-10-25-28-20(12-34(25)29(36)21(19)14-37-6)26-22(30(3,4)38-15-32-5)9-8-18-16(2)23(31)11-24(33-28)27(18)26;1-9(15(27)16-4-5-21)19-11(23)7-17-10(22)6-18-12(24)8-20-13(25)2-3-14(20)26;1-7-5(4-8)2-3-6(9)10;2-1-3;1-2;/h10-11,13,17,22,32H,7-9,12,14-15H2,1-6H3;2-3,5,9H,1,4,6-8H2,(H,16,27)(H,17,22)(H,18,24)(H,19,23);4-5,7H,2-3H2,1H3,(H,9,10);1H,(H2,2,3);2H,1H3;. The van der Waals surface area contributed by atoms with Gasteiger partial charge in [0.15, 0.2) is 0 Å². The van der Waals surface area contributed by atoms with Crippen LogP contribution in [0.4, 0.5) is 4.39 Å². The van der Waals surface area contributed by atoms with Crippen molar-refractivity contribution in [3.05, 3.63) is 73.8 Å². The number of likely N-dealkylation sites (N-methyl/N-ethyl adjacent to an activating group) is 1. The topological polar surface area (TPSA) is 383 Å². The average molecular weight is 1330 g/mol. The number of aryl methyl sites for hydroxylation is 1. The molecule has 2 aliphatic heterocycles. The number of carbonyl (C=O) groups excluding carboxylic acids is 10. The summed E-state index contributed by atoms with van der Waals surface area (Å²) in [5.41, 5.74) is 10.3. The molecule has 4 unspecified atom stereocenters. The van der Waals surface area contributed by atoms with E-state index in [0.29, 0.717) is 107 Å². The van der Waals surface area contributed by atoms with E-state index in [0.717, 1.165) is 60.5 Å². The Balaban J connectivity index is 0.000000456. The van der Waals surface area contributed by atoms with Gasteiger partial charge in [-0.1, -0.05) is 6.92 Å². The molecule has 0 fully saturated rings. The summed E-state index contributed by atoms with van der Waals surface area (Å²) in [4.78, 5) is 140. The fourth-order valence-corrected chi connectivity index (χ4v) is 10.0. The van der Waals surface area contributed by atoms with E-state index in [4.69, 9.17) is 29.5 Å². The maximum atomic E-state index is 15.1. The summed E-state index contributed by atoms with van der Waals surface area (Å²) in [5, 5.41) is 31.2. The molecule has 7 amide bonds. The molecule has 0 saturated heterocycles. The predicted octanol–water partition coefficient (Wildman–Crippen LogP) is -1.41. The first-order valence-electron chi connectivity index (χ1n) is 25.4. The van der Waals surface area contributed by atoms with Crippen molar-refractivity contribution >= 4 is 103 Å². The van der Waals surface area contributed by atoms with Crippen LogP contribution in [0.15, 0.2) is 29.1 Å². The zero-order valence-electron chi connectivity index (χ0n) is 46.5. The van der Waals surface area contributed by atoms with Crippen LogP contribution in [0.1, 0.15) is 91.7 Å². The number of aldehydes is 3. The molecule has 0 spiro atoms. The monoisotopic (exact) mass is 1330 g/mol. The van der Waals surface area contributed by atoms with E-state index >= 15 is 4.39 Å². The minimum atomic E-state index is -0.873. The Bertz CT molecular complexity index is 2850. The number of nitrogens with zero attached hydrogens (tertiary/aromatic N) is 3. The molecule has 0 saturated carbocycles. The third-order valence-corrected chi connectivity index (χ3v) is 14.6. The van der Waals surface area contributed by atoms with Crippen LogP contribution in [0.3, 0.4) is 0 Å². The minimum absolute atomic E-state index is 0.0220. The van der Waals surface area contributed by atoms with Crippen LogP contribution in [-0.4, -0.2) is 196 Å². The first-order chi connectivity index (χ1) is 38.6. The predicted molar refractivity (Wildman–Crippen MR) is 293 cm³/mol. The van der Waals surface area contributed by atoms with Gasteiger partial charge in [0.05, 0.1) is 48.4 Å². The fourth-order valence-electron chi connectivity index (χ4n) is 8.91. The number of nitrogens with one attached hydrogen (secondary N) is 6. The number of carboxylic acids is 1. The number of hydrogen-bond acceptors (Lipinski definition) is 18. The average Bonchev–Trinajstić information content (AvgIpc) is 3.98. The Morgan fingerprint density at radius 2 is 1.59 bits per heavy atom. The third-order valence-electron chi connectivity index (χ3n) is 13.0. The molecule has 1 aliphatic carbocycles. The summed E-state index contributed by atoms with van der Waals surface area (Å²) < 4.78 is 28.9. The number of halogens is 1. The van der Waals surface area contributed by atoms with E-state index < -0.39 is 78.6 Å². The summed E-state index contributed by atoms with van der Waals surface area (Å²) in [6, 6.07) is 2.32. The van der Waals surface area contributed by atoms with Crippen molar-refractivity contribution in [1.29, 1.82) is 0 Å². The normalized spacial score (nSPS) is 14.5. The number of ether oxygens (including phenoxy) is 2.